The van der Waals surface area contributed by atoms with Crippen molar-refractivity contribution in [3.8, 4) is 17.0 Å². The Labute approximate surface area is 121 Å². The molecule has 3 aromatic rings. The zero-order chi connectivity index (χ0) is 14.1. The first-order valence-electron chi connectivity index (χ1n) is 6.15. The number of methoxy groups -OCH3 is 1. The number of nitrogens with one attached hydrogen (secondary N) is 1. The molecule has 100 valence electrons. The lowest BCUT2D eigenvalue weighted by atomic mass is 10.0. The average molecular weight is 286 g/mol. The minimum atomic E-state index is -0.485. The Balaban J connectivity index is 2.23. The molecule has 0 fully saturated rings. The van der Waals surface area contributed by atoms with Gasteiger partial charge in [0.1, 0.15) is 5.75 Å². The third-order valence-electron chi connectivity index (χ3n) is 3.26. The summed E-state index contributed by atoms with van der Waals surface area (Å²) in [5, 5.41) is 0.597. The quantitative estimate of drug-likeness (QED) is 0.732. The van der Waals surface area contributed by atoms with E-state index in [-0.39, 0.29) is 0 Å². The van der Waals surface area contributed by atoms with Crippen molar-refractivity contribution in [2.75, 3.05) is 7.11 Å². The number of fused-ring (bicyclic) bond motifs is 1. The maximum atomic E-state index is 11.6. The van der Waals surface area contributed by atoms with Gasteiger partial charge in [-0.2, -0.15) is 0 Å². The molecule has 0 spiro atoms. The molecule has 1 N–H and O–H groups in total. The number of halogens is 1. The topological polar surface area (TPSA) is 42.1 Å². The Kier molecular flexibility index (Phi) is 3.20. The number of carbonyl (C=O) groups excluding carboxylic acids is 1. The van der Waals surface area contributed by atoms with Gasteiger partial charge >= 0.3 is 0 Å². The van der Waals surface area contributed by atoms with Crippen LogP contribution in [-0.4, -0.2) is 17.3 Å². The summed E-state index contributed by atoms with van der Waals surface area (Å²) in [6.45, 7) is 0. The van der Waals surface area contributed by atoms with Crippen molar-refractivity contribution in [2.45, 2.75) is 0 Å². The molecule has 3 rings (SSSR count). The molecular weight excluding hydrogens is 274 g/mol. The lowest BCUT2D eigenvalue weighted by molar-refractivity contribution is 0.108. The maximum absolute atomic E-state index is 11.6. The first-order chi connectivity index (χ1) is 9.69. The second-order valence-electron chi connectivity index (χ2n) is 4.46. The summed E-state index contributed by atoms with van der Waals surface area (Å²) in [5.74, 6) is 0.681. The minimum absolute atomic E-state index is 0.457. The first-order valence-corrected chi connectivity index (χ1v) is 6.53. The van der Waals surface area contributed by atoms with Gasteiger partial charge in [0.25, 0.3) is 5.24 Å². The summed E-state index contributed by atoms with van der Waals surface area (Å²) in [7, 11) is 1.59. The minimum Gasteiger partial charge on any atom is -0.497 e. The molecule has 0 bridgehead atoms. The third-order valence-corrected chi connectivity index (χ3v) is 3.46. The zero-order valence-electron chi connectivity index (χ0n) is 10.8. The standard InChI is InChI=1S/C16H12ClNO2/c1-20-11-6-7-12(16(17)19)13(9-11)15-8-10-4-2-3-5-14(10)18-15/h2-9,18H,1H3. The number of aromatic nitrogens is 1. The van der Waals surface area contributed by atoms with Gasteiger partial charge in [0.05, 0.1) is 7.11 Å². The lowest BCUT2D eigenvalue weighted by Crippen LogP contribution is -1.95. The highest BCUT2D eigenvalue weighted by atomic mass is 35.5. The van der Waals surface area contributed by atoms with E-state index in [4.69, 9.17) is 16.3 Å². The van der Waals surface area contributed by atoms with Gasteiger partial charge in [-0.3, -0.25) is 4.79 Å². The highest BCUT2D eigenvalue weighted by molar-refractivity contribution is 6.68. The number of aromatic amines is 1. The molecule has 0 saturated carbocycles. The smallest absolute Gasteiger partial charge is 0.253 e. The van der Waals surface area contributed by atoms with Crippen molar-refractivity contribution < 1.29 is 9.53 Å². The highest BCUT2D eigenvalue weighted by Gasteiger charge is 2.14. The monoisotopic (exact) mass is 285 g/mol. The van der Waals surface area contributed by atoms with Crippen LogP contribution >= 0.6 is 11.6 Å². The molecule has 0 atom stereocenters. The number of H-pyrrole nitrogens is 1. The number of ether oxygens (including phenoxy) is 1. The largest absolute Gasteiger partial charge is 0.497 e. The molecule has 0 aliphatic heterocycles. The Bertz CT molecular complexity index is 759. The Morgan fingerprint density at radius 3 is 2.65 bits per heavy atom. The van der Waals surface area contributed by atoms with E-state index in [1.54, 1.807) is 25.3 Å². The molecule has 4 heteroatoms. The number of para-hydroxylation sites is 1. The number of rotatable bonds is 3. The van der Waals surface area contributed by atoms with E-state index in [0.29, 0.717) is 11.3 Å². The Hall–Kier alpha value is -2.26. The van der Waals surface area contributed by atoms with E-state index in [2.05, 4.69) is 4.98 Å². The predicted molar refractivity (Wildman–Crippen MR) is 80.5 cm³/mol. The Morgan fingerprint density at radius 1 is 1.15 bits per heavy atom. The molecule has 1 heterocycles. The van der Waals surface area contributed by atoms with Gasteiger partial charge in [-0.05, 0) is 41.9 Å². The van der Waals surface area contributed by atoms with Crippen LogP contribution in [0.1, 0.15) is 10.4 Å². The summed E-state index contributed by atoms with van der Waals surface area (Å²) in [6.07, 6.45) is 0. The SMILES string of the molecule is COc1ccc(C(=O)Cl)c(-c2cc3ccccc3[nH]2)c1. The van der Waals surface area contributed by atoms with E-state index in [1.165, 1.54) is 0 Å². The lowest BCUT2D eigenvalue weighted by Gasteiger charge is -2.07. The second-order valence-corrected chi connectivity index (χ2v) is 4.80. The number of carbonyl (C=O) groups is 1. The molecule has 2 aromatic carbocycles. The van der Waals surface area contributed by atoms with E-state index in [0.717, 1.165) is 22.2 Å². The fourth-order valence-electron chi connectivity index (χ4n) is 2.26. The molecule has 0 unspecified atom stereocenters. The van der Waals surface area contributed by atoms with Gasteiger partial charge in [-0.1, -0.05) is 18.2 Å². The summed E-state index contributed by atoms with van der Waals surface area (Å²) in [5.41, 5.74) is 3.05. The summed E-state index contributed by atoms with van der Waals surface area (Å²) >= 11 is 5.66. The van der Waals surface area contributed by atoms with Crippen LogP contribution < -0.4 is 4.74 Å². The number of hydrogen-bond donors (Lipinski definition) is 1. The van der Waals surface area contributed by atoms with Crippen LogP contribution in [0.25, 0.3) is 22.2 Å². The van der Waals surface area contributed by atoms with Gasteiger partial charge in [-0.25, -0.2) is 0 Å². The van der Waals surface area contributed by atoms with Gasteiger partial charge in [-0.15, -0.1) is 0 Å². The fraction of sp³-hybridized carbons (Fsp3) is 0.0625. The normalized spacial score (nSPS) is 10.7. The second kappa shape index (κ2) is 5.02. The molecule has 3 nitrogen and oxygen atoms in total. The molecule has 0 saturated heterocycles. The molecule has 0 aliphatic carbocycles. The molecule has 0 aliphatic rings. The maximum Gasteiger partial charge on any atom is 0.253 e. The van der Waals surface area contributed by atoms with E-state index >= 15 is 0 Å². The van der Waals surface area contributed by atoms with Gasteiger partial charge in [0, 0.05) is 27.7 Å². The molecular formula is C16H12ClNO2. The van der Waals surface area contributed by atoms with Crippen molar-refractivity contribution in [3.63, 3.8) is 0 Å². The van der Waals surface area contributed by atoms with Crippen LogP contribution in [-0.2, 0) is 0 Å². The molecule has 0 radical (unpaired) electrons. The zero-order valence-corrected chi connectivity index (χ0v) is 11.6. The van der Waals surface area contributed by atoms with Crippen molar-refractivity contribution >= 4 is 27.7 Å². The van der Waals surface area contributed by atoms with Crippen LogP contribution in [0.15, 0.2) is 48.5 Å². The Morgan fingerprint density at radius 2 is 1.95 bits per heavy atom. The fourth-order valence-corrected chi connectivity index (χ4v) is 2.43. The summed E-state index contributed by atoms with van der Waals surface area (Å²) < 4.78 is 5.22. The summed E-state index contributed by atoms with van der Waals surface area (Å²) in [4.78, 5) is 14.9. The van der Waals surface area contributed by atoms with Crippen LogP contribution in [0, 0.1) is 0 Å². The highest BCUT2D eigenvalue weighted by Crippen LogP contribution is 2.30. The molecule has 20 heavy (non-hydrogen) atoms. The summed E-state index contributed by atoms with van der Waals surface area (Å²) in [6, 6.07) is 15.1. The van der Waals surface area contributed by atoms with Crippen molar-refractivity contribution in [1.29, 1.82) is 0 Å². The molecule has 1 aromatic heterocycles. The van der Waals surface area contributed by atoms with Crippen LogP contribution in [0.4, 0.5) is 0 Å². The average Bonchev–Trinajstić information content (AvgIpc) is 2.90. The molecule has 0 amide bonds. The number of benzene rings is 2. The van der Waals surface area contributed by atoms with Crippen molar-refractivity contribution in [2.24, 2.45) is 0 Å². The van der Waals surface area contributed by atoms with Crippen molar-refractivity contribution in [3.05, 3.63) is 54.1 Å². The van der Waals surface area contributed by atoms with E-state index < -0.39 is 5.24 Å². The van der Waals surface area contributed by atoms with Gasteiger partial charge in [0.2, 0.25) is 0 Å². The van der Waals surface area contributed by atoms with E-state index in [1.807, 2.05) is 30.3 Å². The first kappa shape index (κ1) is 12.8. The van der Waals surface area contributed by atoms with Crippen LogP contribution in [0.3, 0.4) is 0 Å². The van der Waals surface area contributed by atoms with Gasteiger partial charge in [0.15, 0.2) is 0 Å². The van der Waals surface area contributed by atoms with E-state index in [9.17, 15) is 4.79 Å². The van der Waals surface area contributed by atoms with Crippen LogP contribution in [0.5, 0.6) is 5.75 Å². The van der Waals surface area contributed by atoms with Crippen molar-refractivity contribution in [1.82, 2.24) is 4.98 Å². The number of hydrogen-bond acceptors (Lipinski definition) is 2. The van der Waals surface area contributed by atoms with Gasteiger partial charge < -0.3 is 9.72 Å². The predicted octanol–water partition coefficient (Wildman–Crippen LogP) is 4.22. The third kappa shape index (κ3) is 2.17. The van der Waals surface area contributed by atoms with Crippen LogP contribution in [0.2, 0.25) is 0 Å².